The van der Waals surface area contributed by atoms with Gasteiger partial charge in [0.15, 0.2) is 0 Å². The number of carbonyl (C=O) groups excluding carboxylic acids is 2. The molecule has 7 heteroatoms. The lowest BCUT2D eigenvalue weighted by molar-refractivity contribution is -0.133. The van der Waals surface area contributed by atoms with Crippen molar-refractivity contribution in [3.63, 3.8) is 0 Å². The predicted molar refractivity (Wildman–Crippen MR) is 70.3 cm³/mol. The molecule has 0 radical (unpaired) electrons. The number of benzene rings is 1. The van der Waals surface area contributed by atoms with Gasteiger partial charge in [-0.1, -0.05) is 6.07 Å². The summed E-state index contributed by atoms with van der Waals surface area (Å²) in [6.45, 7) is 0.314. The van der Waals surface area contributed by atoms with Gasteiger partial charge in [0.2, 0.25) is 5.91 Å². The summed E-state index contributed by atoms with van der Waals surface area (Å²) in [4.78, 5) is 25.1. The second-order valence-electron chi connectivity index (χ2n) is 5.34. The average molecular weight is 295 g/mol. The van der Waals surface area contributed by atoms with Crippen molar-refractivity contribution >= 4 is 11.9 Å². The smallest absolute Gasteiger partial charge is 0.315 e. The molecule has 0 spiro atoms. The van der Waals surface area contributed by atoms with Gasteiger partial charge in [0.1, 0.15) is 17.7 Å². The maximum atomic E-state index is 13.7. The van der Waals surface area contributed by atoms with Crippen LogP contribution in [0, 0.1) is 11.6 Å². The molecule has 1 atom stereocenters. The van der Waals surface area contributed by atoms with E-state index in [0.29, 0.717) is 0 Å². The minimum Gasteiger partial charge on any atom is -0.336 e. The lowest BCUT2D eigenvalue weighted by Gasteiger charge is -2.25. The minimum absolute atomic E-state index is 0.0689. The SMILES string of the molecule is O=C1NCC(C(=O)N(Cc2ccc(F)cc2F)C2CC2)N1. The van der Waals surface area contributed by atoms with Gasteiger partial charge in [-0.15, -0.1) is 0 Å². The van der Waals surface area contributed by atoms with Crippen molar-refractivity contribution in [2.45, 2.75) is 31.5 Å². The van der Waals surface area contributed by atoms with Crippen molar-refractivity contribution in [3.8, 4) is 0 Å². The van der Waals surface area contributed by atoms with Gasteiger partial charge in [0, 0.05) is 30.8 Å². The molecular formula is C14H15F2N3O2. The van der Waals surface area contributed by atoms with Gasteiger partial charge in [-0.2, -0.15) is 0 Å². The molecule has 2 fully saturated rings. The molecule has 2 aliphatic rings. The van der Waals surface area contributed by atoms with Crippen LogP contribution in [0.4, 0.5) is 13.6 Å². The molecule has 1 aromatic carbocycles. The van der Waals surface area contributed by atoms with E-state index in [9.17, 15) is 18.4 Å². The number of amides is 3. The highest BCUT2D eigenvalue weighted by Crippen LogP contribution is 2.29. The molecule has 112 valence electrons. The van der Waals surface area contributed by atoms with Crippen molar-refractivity contribution in [2.24, 2.45) is 0 Å². The molecule has 3 amide bonds. The fourth-order valence-electron chi connectivity index (χ4n) is 2.41. The molecule has 3 rings (SSSR count). The van der Waals surface area contributed by atoms with Crippen LogP contribution in [0.5, 0.6) is 0 Å². The van der Waals surface area contributed by atoms with E-state index >= 15 is 0 Å². The van der Waals surface area contributed by atoms with E-state index in [4.69, 9.17) is 0 Å². The van der Waals surface area contributed by atoms with Crippen LogP contribution in [0.15, 0.2) is 18.2 Å². The average Bonchev–Trinajstić information content (AvgIpc) is 3.18. The maximum Gasteiger partial charge on any atom is 0.315 e. The van der Waals surface area contributed by atoms with Crippen LogP contribution in [-0.4, -0.2) is 35.5 Å². The van der Waals surface area contributed by atoms with Crippen LogP contribution in [0.25, 0.3) is 0 Å². The molecule has 0 bridgehead atoms. The number of rotatable bonds is 4. The molecule has 1 aromatic rings. The minimum atomic E-state index is -0.665. The number of hydrogen-bond acceptors (Lipinski definition) is 2. The first-order valence-electron chi connectivity index (χ1n) is 6.83. The summed E-state index contributed by atoms with van der Waals surface area (Å²) in [5.41, 5.74) is 0.272. The van der Waals surface area contributed by atoms with Gasteiger partial charge in [-0.05, 0) is 18.9 Å². The van der Waals surface area contributed by atoms with E-state index in [1.54, 1.807) is 4.90 Å². The van der Waals surface area contributed by atoms with Crippen molar-refractivity contribution in [3.05, 3.63) is 35.4 Å². The molecule has 1 saturated carbocycles. The molecule has 5 nitrogen and oxygen atoms in total. The molecule has 2 N–H and O–H groups in total. The third-order valence-electron chi connectivity index (χ3n) is 3.70. The summed E-state index contributed by atoms with van der Waals surface area (Å²) in [6.07, 6.45) is 1.73. The first-order valence-corrected chi connectivity index (χ1v) is 6.83. The Hall–Kier alpha value is -2.18. The van der Waals surface area contributed by atoms with Gasteiger partial charge in [0.05, 0.1) is 0 Å². The Balaban J connectivity index is 1.75. The summed E-state index contributed by atoms with van der Waals surface area (Å²) < 4.78 is 26.7. The van der Waals surface area contributed by atoms with Gasteiger partial charge in [-0.3, -0.25) is 4.79 Å². The normalized spacial score (nSPS) is 20.9. The number of carbonyl (C=O) groups is 2. The van der Waals surface area contributed by atoms with Gasteiger partial charge < -0.3 is 15.5 Å². The Kier molecular flexibility index (Phi) is 3.48. The van der Waals surface area contributed by atoms with Crippen LogP contribution < -0.4 is 10.6 Å². The van der Waals surface area contributed by atoms with Crippen molar-refractivity contribution in [2.75, 3.05) is 6.54 Å². The van der Waals surface area contributed by atoms with Crippen molar-refractivity contribution in [1.29, 1.82) is 0 Å². The lowest BCUT2D eigenvalue weighted by atomic mass is 10.1. The summed E-state index contributed by atoms with van der Waals surface area (Å²) in [7, 11) is 0. The third-order valence-corrected chi connectivity index (χ3v) is 3.70. The Bertz CT molecular complexity index is 590. The number of hydrogen-bond donors (Lipinski definition) is 2. The van der Waals surface area contributed by atoms with E-state index < -0.39 is 17.7 Å². The monoisotopic (exact) mass is 295 g/mol. The first-order chi connectivity index (χ1) is 10.0. The van der Waals surface area contributed by atoms with E-state index in [0.717, 1.165) is 18.9 Å². The number of urea groups is 1. The van der Waals surface area contributed by atoms with E-state index in [2.05, 4.69) is 10.6 Å². The van der Waals surface area contributed by atoms with Gasteiger partial charge >= 0.3 is 6.03 Å². The van der Waals surface area contributed by atoms with Gasteiger partial charge in [-0.25, -0.2) is 13.6 Å². The highest BCUT2D eigenvalue weighted by molar-refractivity contribution is 5.90. The third kappa shape index (κ3) is 2.96. The van der Waals surface area contributed by atoms with E-state index in [1.807, 2.05) is 0 Å². The van der Waals surface area contributed by atoms with Crippen molar-refractivity contribution in [1.82, 2.24) is 15.5 Å². The Morgan fingerprint density at radius 1 is 1.33 bits per heavy atom. The van der Waals surface area contributed by atoms with Crippen LogP contribution in [0.1, 0.15) is 18.4 Å². The zero-order valence-corrected chi connectivity index (χ0v) is 11.2. The molecule has 1 heterocycles. The number of halogens is 2. The van der Waals surface area contributed by atoms with Crippen LogP contribution in [-0.2, 0) is 11.3 Å². The molecule has 1 aliphatic heterocycles. The highest BCUT2D eigenvalue weighted by atomic mass is 19.1. The summed E-state index contributed by atoms with van der Waals surface area (Å²) in [6, 6.07) is 2.40. The zero-order chi connectivity index (χ0) is 15.0. The molecule has 1 aliphatic carbocycles. The van der Waals surface area contributed by atoms with E-state index in [-0.39, 0.29) is 36.6 Å². The molecule has 0 aromatic heterocycles. The van der Waals surface area contributed by atoms with Crippen molar-refractivity contribution < 1.29 is 18.4 Å². The highest BCUT2D eigenvalue weighted by Gasteiger charge is 2.38. The number of nitrogens with zero attached hydrogens (tertiary/aromatic N) is 1. The van der Waals surface area contributed by atoms with Crippen LogP contribution in [0.2, 0.25) is 0 Å². The summed E-state index contributed by atoms with van der Waals surface area (Å²) in [5.74, 6) is -1.55. The predicted octanol–water partition coefficient (Wildman–Crippen LogP) is 1.14. The van der Waals surface area contributed by atoms with Crippen LogP contribution >= 0.6 is 0 Å². The largest absolute Gasteiger partial charge is 0.336 e. The molecule has 21 heavy (non-hydrogen) atoms. The molecular weight excluding hydrogens is 280 g/mol. The van der Waals surface area contributed by atoms with Gasteiger partial charge in [0.25, 0.3) is 0 Å². The summed E-state index contributed by atoms with van der Waals surface area (Å²) in [5, 5.41) is 5.06. The lowest BCUT2D eigenvalue weighted by Crippen LogP contribution is -2.46. The maximum absolute atomic E-state index is 13.7. The first kappa shape index (κ1) is 13.8. The molecule has 1 unspecified atom stereocenters. The van der Waals surface area contributed by atoms with E-state index in [1.165, 1.54) is 12.1 Å². The van der Waals surface area contributed by atoms with Crippen LogP contribution in [0.3, 0.4) is 0 Å². The zero-order valence-electron chi connectivity index (χ0n) is 11.2. The second-order valence-corrected chi connectivity index (χ2v) is 5.34. The Labute approximate surface area is 120 Å². The standard InChI is InChI=1S/C14H15F2N3O2/c15-9-2-1-8(11(16)5-9)7-19(10-3-4-10)13(20)12-6-17-14(21)18-12/h1-2,5,10,12H,3-4,6-7H2,(H2,17,18,21). The number of nitrogens with one attached hydrogen (secondary N) is 2. The fraction of sp³-hybridized carbons (Fsp3) is 0.429. The Morgan fingerprint density at radius 2 is 2.10 bits per heavy atom. The second kappa shape index (κ2) is 5.31. The quantitative estimate of drug-likeness (QED) is 0.875. The fourth-order valence-corrected chi connectivity index (χ4v) is 2.41. The summed E-state index contributed by atoms with van der Waals surface area (Å²) >= 11 is 0. The topological polar surface area (TPSA) is 61.4 Å². The molecule has 1 saturated heterocycles. The Morgan fingerprint density at radius 3 is 2.67 bits per heavy atom.